The fourth-order valence-electron chi connectivity index (χ4n) is 1.70. The minimum atomic E-state index is -1.17. The number of para-hydroxylation sites is 1. The van der Waals surface area contributed by atoms with Crippen molar-refractivity contribution >= 4 is 33.3 Å². The number of aryl methyl sites for hydroxylation is 1. The van der Waals surface area contributed by atoms with Crippen LogP contribution in [0.25, 0.3) is 0 Å². The van der Waals surface area contributed by atoms with Gasteiger partial charge in [-0.2, -0.15) is 0 Å². The first-order chi connectivity index (χ1) is 8.99. The summed E-state index contributed by atoms with van der Waals surface area (Å²) < 4.78 is 14.7. The van der Waals surface area contributed by atoms with Gasteiger partial charge in [0, 0.05) is 10.2 Å². The zero-order valence-corrected chi connectivity index (χ0v) is 11.7. The molecule has 0 radical (unpaired) electrons. The summed E-state index contributed by atoms with van der Waals surface area (Å²) in [4.78, 5) is 11.1. The van der Waals surface area contributed by atoms with E-state index in [-0.39, 0.29) is 11.3 Å². The fourth-order valence-corrected chi connectivity index (χ4v) is 1.94. The summed E-state index contributed by atoms with van der Waals surface area (Å²) in [7, 11) is 0. The molecule has 3 nitrogen and oxygen atoms in total. The molecular formula is C14H11BrFNO2. The molecule has 0 aliphatic carbocycles. The standard InChI is InChI=1S/C14H11BrFNO2/c1-8-7-9(5-6-11(8)15)17-13-10(14(18)19)3-2-4-12(13)16/h2-7,17H,1H3,(H,18,19). The van der Waals surface area contributed by atoms with E-state index in [1.165, 1.54) is 18.2 Å². The van der Waals surface area contributed by atoms with E-state index in [1.807, 2.05) is 19.1 Å². The first-order valence-electron chi connectivity index (χ1n) is 5.54. The lowest BCUT2D eigenvalue weighted by molar-refractivity contribution is 0.0697. The van der Waals surface area contributed by atoms with E-state index in [1.54, 1.807) is 6.07 Å². The van der Waals surface area contributed by atoms with E-state index in [0.717, 1.165) is 10.0 Å². The van der Waals surface area contributed by atoms with E-state index in [9.17, 15) is 9.18 Å². The van der Waals surface area contributed by atoms with Crippen LogP contribution < -0.4 is 5.32 Å². The number of carboxylic acids is 1. The van der Waals surface area contributed by atoms with Gasteiger partial charge in [0.25, 0.3) is 0 Å². The number of halogens is 2. The smallest absolute Gasteiger partial charge is 0.337 e. The van der Waals surface area contributed by atoms with Gasteiger partial charge < -0.3 is 10.4 Å². The van der Waals surface area contributed by atoms with Crippen LogP contribution in [0.15, 0.2) is 40.9 Å². The maximum atomic E-state index is 13.7. The molecule has 2 N–H and O–H groups in total. The van der Waals surface area contributed by atoms with Gasteiger partial charge in [-0.15, -0.1) is 0 Å². The number of anilines is 2. The minimum Gasteiger partial charge on any atom is -0.478 e. The number of aromatic carboxylic acids is 1. The maximum Gasteiger partial charge on any atom is 0.337 e. The highest BCUT2D eigenvalue weighted by Crippen LogP contribution is 2.27. The van der Waals surface area contributed by atoms with Gasteiger partial charge in [-0.05, 0) is 42.8 Å². The lowest BCUT2D eigenvalue weighted by Crippen LogP contribution is -2.05. The van der Waals surface area contributed by atoms with Gasteiger partial charge in [0.15, 0.2) is 0 Å². The summed E-state index contributed by atoms with van der Waals surface area (Å²) in [5.41, 5.74) is 1.48. The Morgan fingerprint density at radius 3 is 2.68 bits per heavy atom. The SMILES string of the molecule is Cc1cc(Nc2c(F)cccc2C(=O)O)ccc1Br. The van der Waals surface area contributed by atoms with Crippen LogP contribution in [0.5, 0.6) is 0 Å². The Morgan fingerprint density at radius 1 is 1.32 bits per heavy atom. The highest BCUT2D eigenvalue weighted by Gasteiger charge is 2.14. The van der Waals surface area contributed by atoms with Crippen molar-refractivity contribution < 1.29 is 14.3 Å². The normalized spacial score (nSPS) is 10.3. The highest BCUT2D eigenvalue weighted by molar-refractivity contribution is 9.10. The lowest BCUT2D eigenvalue weighted by Gasteiger charge is -2.11. The topological polar surface area (TPSA) is 49.3 Å². The largest absolute Gasteiger partial charge is 0.478 e. The fraction of sp³-hybridized carbons (Fsp3) is 0.0714. The van der Waals surface area contributed by atoms with Crippen molar-refractivity contribution in [2.75, 3.05) is 5.32 Å². The highest BCUT2D eigenvalue weighted by atomic mass is 79.9. The number of nitrogens with one attached hydrogen (secondary N) is 1. The molecule has 2 aromatic carbocycles. The molecule has 2 rings (SSSR count). The molecular weight excluding hydrogens is 313 g/mol. The van der Waals surface area contributed by atoms with Crippen LogP contribution in [-0.4, -0.2) is 11.1 Å². The van der Waals surface area contributed by atoms with Crippen LogP contribution in [-0.2, 0) is 0 Å². The third-order valence-corrected chi connectivity index (χ3v) is 3.56. The van der Waals surface area contributed by atoms with E-state index in [2.05, 4.69) is 21.2 Å². The van der Waals surface area contributed by atoms with Crippen LogP contribution in [0.1, 0.15) is 15.9 Å². The molecule has 0 heterocycles. The molecule has 2 aromatic rings. The van der Waals surface area contributed by atoms with E-state index >= 15 is 0 Å². The van der Waals surface area contributed by atoms with Crippen LogP contribution in [0, 0.1) is 12.7 Å². The number of hydrogen-bond acceptors (Lipinski definition) is 2. The second-order valence-corrected chi connectivity index (χ2v) is 4.91. The van der Waals surface area contributed by atoms with Crippen molar-refractivity contribution in [1.29, 1.82) is 0 Å². The minimum absolute atomic E-state index is 0.0308. The molecule has 5 heteroatoms. The van der Waals surface area contributed by atoms with Crippen molar-refractivity contribution in [3.05, 3.63) is 57.8 Å². The van der Waals surface area contributed by atoms with E-state index < -0.39 is 11.8 Å². The maximum absolute atomic E-state index is 13.7. The number of rotatable bonds is 3. The lowest BCUT2D eigenvalue weighted by atomic mass is 10.1. The van der Waals surface area contributed by atoms with Crippen molar-refractivity contribution in [2.45, 2.75) is 6.92 Å². The Hall–Kier alpha value is -1.88. The van der Waals surface area contributed by atoms with Crippen molar-refractivity contribution in [3.63, 3.8) is 0 Å². The average molecular weight is 324 g/mol. The average Bonchev–Trinajstić information content (AvgIpc) is 2.36. The zero-order chi connectivity index (χ0) is 14.0. The summed E-state index contributed by atoms with van der Waals surface area (Å²) in [6.07, 6.45) is 0. The molecule has 98 valence electrons. The van der Waals surface area contributed by atoms with Gasteiger partial charge in [-0.25, -0.2) is 9.18 Å². The molecule has 0 saturated heterocycles. The Morgan fingerprint density at radius 2 is 2.05 bits per heavy atom. The number of carbonyl (C=O) groups is 1. The summed E-state index contributed by atoms with van der Waals surface area (Å²) in [5.74, 6) is -1.77. The molecule has 0 unspecified atom stereocenters. The van der Waals surface area contributed by atoms with Gasteiger partial charge in [-0.1, -0.05) is 22.0 Å². The monoisotopic (exact) mass is 323 g/mol. The second kappa shape index (κ2) is 5.40. The van der Waals surface area contributed by atoms with Crippen molar-refractivity contribution in [2.24, 2.45) is 0 Å². The summed E-state index contributed by atoms with van der Waals surface area (Å²) in [5, 5.41) is 11.9. The molecule has 0 saturated carbocycles. The molecule has 19 heavy (non-hydrogen) atoms. The van der Waals surface area contributed by atoms with E-state index in [0.29, 0.717) is 5.69 Å². The van der Waals surface area contributed by atoms with Gasteiger partial charge in [0.1, 0.15) is 5.82 Å². The molecule has 0 atom stereocenters. The third kappa shape index (κ3) is 2.93. The zero-order valence-electron chi connectivity index (χ0n) is 10.1. The van der Waals surface area contributed by atoms with Gasteiger partial charge in [0.2, 0.25) is 0 Å². The first kappa shape index (κ1) is 13.5. The quantitative estimate of drug-likeness (QED) is 0.883. The van der Waals surface area contributed by atoms with Crippen LogP contribution >= 0.6 is 15.9 Å². The molecule has 0 amide bonds. The number of carboxylic acid groups (broad SMARTS) is 1. The molecule has 0 fully saturated rings. The van der Waals surface area contributed by atoms with Crippen molar-refractivity contribution in [1.82, 2.24) is 0 Å². The Balaban J connectivity index is 2.42. The first-order valence-corrected chi connectivity index (χ1v) is 6.33. The molecule has 0 aliphatic heterocycles. The number of benzene rings is 2. The molecule has 0 aromatic heterocycles. The van der Waals surface area contributed by atoms with Crippen LogP contribution in [0.4, 0.5) is 15.8 Å². The number of hydrogen-bond donors (Lipinski definition) is 2. The molecule has 0 bridgehead atoms. The van der Waals surface area contributed by atoms with Gasteiger partial charge >= 0.3 is 5.97 Å². The summed E-state index contributed by atoms with van der Waals surface area (Å²) >= 11 is 3.37. The summed E-state index contributed by atoms with van der Waals surface area (Å²) in [6.45, 7) is 1.90. The summed E-state index contributed by atoms with van der Waals surface area (Å²) in [6, 6.07) is 9.33. The predicted molar refractivity (Wildman–Crippen MR) is 75.5 cm³/mol. The predicted octanol–water partition coefficient (Wildman–Crippen LogP) is 4.34. The Kier molecular flexibility index (Phi) is 3.85. The molecule has 0 spiro atoms. The molecule has 0 aliphatic rings. The van der Waals surface area contributed by atoms with Gasteiger partial charge in [-0.3, -0.25) is 0 Å². The second-order valence-electron chi connectivity index (χ2n) is 4.06. The van der Waals surface area contributed by atoms with Crippen LogP contribution in [0.2, 0.25) is 0 Å². The van der Waals surface area contributed by atoms with Crippen molar-refractivity contribution in [3.8, 4) is 0 Å². The van der Waals surface area contributed by atoms with Crippen LogP contribution in [0.3, 0.4) is 0 Å². The third-order valence-electron chi connectivity index (χ3n) is 2.67. The van der Waals surface area contributed by atoms with Gasteiger partial charge in [0.05, 0.1) is 11.3 Å². The van der Waals surface area contributed by atoms with E-state index in [4.69, 9.17) is 5.11 Å². The Bertz CT molecular complexity index is 643. The Labute approximate surface area is 118 Å².